The third-order valence-electron chi connectivity index (χ3n) is 5.63. The summed E-state index contributed by atoms with van der Waals surface area (Å²) in [6, 6.07) is 21.4. The van der Waals surface area contributed by atoms with Gasteiger partial charge in [0.25, 0.3) is 0 Å². The maximum Gasteiger partial charge on any atom is 0.127 e. The molecule has 4 rings (SSSR count). The Bertz CT molecular complexity index is 928. The van der Waals surface area contributed by atoms with Crippen LogP contribution in [0.4, 0.5) is 0 Å². The Morgan fingerprint density at radius 1 is 0.714 bits per heavy atom. The second-order valence-corrected chi connectivity index (χ2v) is 7.37. The smallest absolute Gasteiger partial charge is 0.127 e. The van der Waals surface area contributed by atoms with Crippen molar-refractivity contribution < 1.29 is 9.47 Å². The van der Waals surface area contributed by atoms with Crippen LogP contribution in [-0.2, 0) is 13.1 Å². The molecule has 0 saturated carbocycles. The maximum atomic E-state index is 5.55. The summed E-state index contributed by atoms with van der Waals surface area (Å²) >= 11 is 0. The van der Waals surface area contributed by atoms with Crippen LogP contribution in [0.25, 0.3) is 10.8 Å². The summed E-state index contributed by atoms with van der Waals surface area (Å²) in [4.78, 5) is 5.06. The molecule has 0 radical (unpaired) electrons. The number of benzene rings is 3. The quantitative estimate of drug-likeness (QED) is 0.644. The van der Waals surface area contributed by atoms with Gasteiger partial charge in [0.15, 0.2) is 0 Å². The SMILES string of the molecule is COc1ccc(CN2CCN(Cc3cccc4ccccc34)CC2)c(OC)c1. The minimum atomic E-state index is 0.834. The number of piperazine rings is 1. The van der Waals surface area contributed by atoms with E-state index in [9.17, 15) is 0 Å². The largest absolute Gasteiger partial charge is 0.497 e. The average molecular weight is 377 g/mol. The minimum Gasteiger partial charge on any atom is -0.497 e. The van der Waals surface area contributed by atoms with Gasteiger partial charge in [0.05, 0.1) is 14.2 Å². The second-order valence-electron chi connectivity index (χ2n) is 7.37. The number of hydrogen-bond donors (Lipinski definition) is 0. The van der Waals surface area contributed by atoms with Crippen LogP contribution in [0.15, 0.2) is 60.7 Å². The van der Waals surface area contributed by atoms with E-state index in [1.807, 2.05) is 12.1 Å². The van der Waals surface area contributed by atoms with Gasteiger partial charge in [-0.1, -0.05) is 48.5 Å². The van der Waals surface area contributed by atoms with Crippen LogP contribution in [0.2, 0.25) is 0 Å². The average Bonchev–Trinajstić information content (AvgIpc) is 2.75. The summed E-state index contributed by atoms with van der Waals surface area (Å²) in [5, 5.41) is 2.70. The molecule has 1 heterocycles. The van der Waals surface area contributed by atoms with Crippen LogP contribution in [-0.4, -0.2) is 50.2 Å². The zero-order chi connectivity index (χ0) is 19.3. The van der Waals surface area contributed by atoms with Gasteiger partial charge in [0, 0.05) is 50.9 Å². The molecule has 0 aromatic heterocycles. The highest BCUT2D eigenvalue weighted by Crippen LogP contribution is 2.26. The standard InChI is InChI=1S/C24H28N2O2/c1-27-22-11-10-21(24(16-22)28-2)18-26-14-12-25(13-15-26)17-20-8-5-7-19-6-3-4-9-23(19)20/h3-11,16H,12-15,17-18H2,1-2H3. The van der Waals surface area contributed by atoms with E-state index in [0.29, 0.717) is 0 Å². The molecule has 0 atom stereocenters. The molecular weight excluding hydrogens is 348 g/mol. The topological polar surface area (TPSA) is 24.9 Å². The Labute approximate surface area is 167 Å². The van der Waals surface area contributed by atoms with Gasteiger partial charge in [-0.3, -0.25) is 9.80 Å². The maximum absolute atomic E-state index is 5.55. The molecule has 1 aliphatic heterocycles. The molecule has 0 N–H and O–H groups in total. The Hall–Kier alpha value is -2.56. The Morgan fingerprint density at radius 2 is 1.39 bits per heavy atom. The van der Waals surface area contributed by atoms with E-state index in [4.69, 9.17) is 9.47 Å². The molecule has 4 heteroatoms. The third kappa shape index (κ3) is 4.13. The van der Waals surface area contributed by atoms with Crippen molar-refractivity contribution in [1.29, 1.82) is 0 Å². The highest BCUT2D eigenvalue weighted by Gasteiger charge is 2.19. The molecule has 0 unspecified atom stereocenters. The predicted octanol–water partition coefficient (Wildman–Crippen LogP) is 4.17. The van der Waals surface area contributed by atoms with E-state index in [0.717, 1.165) is 50.8 Å². The lowest BCUT2D eigenvalue weighted by atomic mass is 10.0. The molecule has 3 aromatic carbocycles. The van der Waals surface area contributed by atoms with Crippen LogP contribution < -0.4 is 9.47 Å². The molecule has 4 nitrogen and oxygen atoms in total. The fourth-order valence-corrected chi connectivity index (χ4v) is 4.00. The Kier molecular flexibility index (Phi) is 5.79. The van der Waals surface area contributed by atoms with E-state index >= 15 is 0 Å². The lowest BCUT2D eigenvalue weighted by Crippen LogP contribution is -2.45. The first-order valence-corrected chi connectivity index (χ1v) is 9.89. The lowest BCUT2D eigenvalue weighted by Gasteiger charge is -2.35. The number of ether oxygens (including phenoxy) is 2. The molecule has 1 saturated heterocycles. The first-order valence-electron chi connectivity index (χ1n) is 9.89. The van der Waals surface area contributed by atoms with Crippen LogP contribution in [0.1, 0.15) is 11.1 Å². The van der Waals surface area contributed by atoms with Crippen molar-refractivity contribution >= 4 is 10.8 Å². The lowest BCUT2D eigenvalue weighted by molar-refractivity contribution is 0.121. The minimum absolute atomic E-state index is 0.834. The molecule has 0 spiro atoms. The summed E-state index contributed by atoms with van der Waals surface area (Å²) < 4.78 is 10.9. The van der Waals surface area contributed by atoms with Gasteiger partial charge in [-0.15, -0.1) is 0 Å². The third-order valence-corrected chi connectivity index (χ3v) is 5.63. The predicted molar refractivity (Wildman–Crippen MR) is 114 cm³/mol. The van der Waals surface area contributed by atoms with E-state index < -0.39 is 0 Å². The molecule has 1 fully saturated rings. The molecule has 28 heavy (non-hydrogen) atoms. The fraction of sp³-hybridized carbons (Fsp3) is 0.333. The van der Waals surface area contributed by atoms with Gasteiger partial charge in [0.1, 0.15) is 11.5 Å². The van der Waals surface area contributed by atoms with Gasteiger partial charge in [-0.25, -0.2) is 0 Å². The summed E-state index contributed by atoms with van der Waals surface area (Å²) in [6.07, 6.45) is 0. The van der Waals surface area contributed by atoms with Crippen molar-refractivity contribution in [3.05, 3.63) is 71.8 Å². The molecule has 3 aromatic rings. The van der Waals surface area contributed by atoms with Crippen molar-refractivity contribution in [2.24, 2.45) is 0 Å². The van der Waals surface area contributed by atoms with Crippen LogP contribution >= 0.6 is 0 Å². The zero-order valence-corrected chi connectivity index (χ0v) is 16.7. The number of nitrogens with zero attached hydrogens (tertiary/aromatic N) is 2. The van der Waals surface area contributed by atoms with E-state index in [2.05, 4.69) is 58.3 Å². The fourth-order valence-electron chi connectivity index (χ4n) is 4.00. The van der Waals surface area contributed by atoms with Gasteiger partial charge in [0.2, 0.25) is 0 Å². The summed E-state index contributed by atoms with van der Waals surface area (Å²) in [5.41, 5.74) is 2.63. The number of fused-ring (bicyclic) bond motifs is 1. The first kappa shape index (κ1) is 18.8. The molecule has 0 bridgehead atoms. The molecule has 146 valence electrons. The summed E-state index contributed by atoms with van der Waals surface area (Å²) in [6.45, 7) is 6.24. The van der Waals surface area contributed by atoms with Gasteiger partial charge >= 0.3 is 0 Å². The molecular formula is C24H28N2O2. The summed E-state index contributed by atoms with van der Waals surface area (Å²) in [7, 11) is 3.41. The van der Waals surface area contributed by atoms with Crippen molar-refractivity contribution in [3.8, 4) is 11.5 Å². The normalized spacial score (nSPS) is 15.6. The van der Waals surface area contributed by atoms with Crippen molar-refractivity contribution in [2.45, 2.75) is 13.1 Å². The Balaban J connectivity index is 1.37. The molecule has 0 amide bonds. The number of hydrogen-bond acceptors (Lipinski definition) is 4. The number of rotatable bonds is 6. The highest BCUT2D eigenvalue weighted by molar-refractivity contribution is 5.85. The van der Waals surface area contributed by atoms with Gasteiger partial charge in [-0.2, -0.15) is 0 Å². The van der Waals surface area contributed by atoms with Crippen LogP contribution in [0.5, 0.6) is 11.5 Å². The van der Waals surface area contributed by atoms with E-state index in [1.165, 1.54) is 21.9 Å². The van der Waals surface area contributed by atoms with Crippen LogP contribution in [0, 0.1) is 0 Å². The van der Waals surface area contributed by atoms with Crippen molar-refractivity contribution in [3.63, 3.8) is 0 Å². The van der Waals surface area contributed by atoms with Crippen LogP contribution in [0.3, 0.4) is 0 Å². The van der Waals surface area contributed by atoms with Gasteiger partial charge < -0.3 is 9.47 Å². The Morgan fingerprint density at radius 3 is 2.11 bits per heavy atom. The van der Waals surface area contributed by atoms with E-state index in [1.54, 1.807) is 14.2 Å². The monoisotopic (exact) mass is 376 g/mol. The van der Waals surface area contributed by atoms with E-state index in [-0.39, 0.29) is 0 Å². The van der Waals surface area contributed by atoms with Crippen molar-refractivity contribution in [2.75, 3.05) is 40.4 Å². The zero-order valence-electron chi connectivity index (χ0n) is 16.7. The number of methoxy groups -OCH3 is 2. The van der Waals surface area contributed by atoms with Gasteiger partial charge in [-0.05, 0) is 22.4 Å². The summed E-state index contributed by atoms with van der Waals surface area (Å²) in [5.74, 6) is 1.73. The first-order chi connectivity index (χ1) is 13.8. The highest BCUT2D eigenvalue weighted by atomic mass is 16.5. The molecule has 1 aliphatic rings. The second kappa shape index (κ2) is 8.63. The van der Waals surface area contributed by atoms with Crippen molar-refractivity contribution in [1.82, 2.24) is 9.80 Å². The molecule has 0 aliphatic carbocycles.